The van der Waals surface area contributed by atoms with Gasteiger partial charge in [0.25, 0.3) is 5.91 Å². The molecule has 4 rings (SSSR count). The van der Waals surface area contributed by atoms with E-state index < -0.39 is 11.6 Å². The number of hydrogen-bond donors (Lipinski definition) is 2. The van der Waals surface area contributed by atoms with Crippen LogP contribution in [-0.4, -0.2) is 42.2 Å². The van der Waals surface area contributed by atoms with E-state index in [0.717, 1.165) is 16.5 Å². The molecule has 0 saturated carbocycles. The van der Waals surface area contributed by atoms with E-state index >= 15 is 0 Å². The van der Waals surface area contributed by atoms with Gasteiger partial charge in [-0.25, -0.2) is 4.99 Å². The Balaban J connectivity index is 1.81. The Morgan fingerprint density at radius 1 is 1.14 bits per heavy atom. The topological polar surface area (TPSA) is 129 Å². The number of hydrogen-bond acceptors (Lipinski definition) is 6. The third-order valence-electron chi connectivity index (χ3n) is 6.95. The first-order valence-electron chi connectivity index (χ1n) is 13.9. The van der Waals surface area contributed by atoms with Crippen LogP contribution in [0.3, 0.4) is 0 Å². The minimum atomic E-state index is -1.39. The van der Waals surface area contributed by atoms with Gasteiger partial charge < -0.3 is 19.9 Å². The molecule has 1 aliphatic heterocycles. The van der Waals surface area contributed by atoms with Crippen molar-refractivity contribution in [3.8, 4) is 5.75 Å². The summed E-state index contributed by atoms with van der Waals surface area (Å²) in [4.78, 5) is 22.4. The molecule has 1 amide bonds. The lowest BCUT2D eigenvalue weighted by Gasteiger charge is -2.32. The summed E-state index contributed by atoms with van der Waals surface area (Å²) >= 11 is 3.49. The Morgan fingerprint density at radius 2 is 1.86 bits per heavy atom. The summed E-state index contributed by atoms with van der Waals surface area (Å²) in [5.74, 6) is 0.687. The van der Waals surface area contributed by atoms with Gasteiger partial charge in [-0.1, -0.05) is 78.2 Å². The Kier molecular flexibility index (Phi) is 10.3. The number of rotatable bonds is 12. The van der Waals surface area contributed by atoms with Crippen LogP contribution in [0.15, 0.2) is 87.4 Å². The van der Waals surface area contributed by atoms with E-state index in [4.69, 9.17) is 19.6 Å². The van der Waals surface area contributed by atoms with E-state index in [1.165, 1.54) is 0 Å². The largest absolute Gasteiger partial charge is 0.494 e. The van der Waals surface area contributed by atoms with E-state index in [1.54, 1.807) is 24.3 Å². The molecule has 42 heavy (non-hydrogen) atoms. The number of aliphatic hydroxyl groups is 1. The van der Waals surface area contributed by atoms with Gasteiger partial charge in [0.15, 0.2) is 11.6 Å². The van der Waals surface area contributed by atoms with Gasteiger partial charge >= 0.3 is 0 Å². The number of ether oxygens (including phenoxy) is 2. The zero-order valence-corrected chi connectivity index (χ0v) is 25.7. The molecule has 0 aliphatic carbocycles. The summed E-state index contributed by atoms with van der Waals surface area (Å²) in [5, 5.41) is 16.1. The molecule has 0 bridgehead atoms. The number of nitrogens with zero attached hydrogens (tertiary/aromatic N) is 4. The van der Waals surface area contributed by atoms with Crippen LogP contribution in [0.1, 0.15) is 56.4 Å². The number of benzene rings is 3. The van der Waals surface area contributed by atoms with E-state index in [2.05, 4.69) is 52.0 Å². The number of aliphatic imine (C=N–C) groups is 1. The minimum absolute atomic E-state index is 0.0290. The Hall–Kier alpha value is -3.85. The summed E-state index contributed by atoms with van der Waals surface area (Å²) in [6.07, 6.45) is 0.700. The molecular weight excluding hydrogens is 598 g/mol. The maximum Gasteiger partial charge on any atom is 0.252 e. The molecule has 0 radical (unpaired) electrons. The highest BCUT2D eigenvalue weighted by Crippen LogP contribution is 2.45. The average molecular weight is 635 g/mol. The lowest BCUT2D eigenvalue weighted by Crippen LogP contribution is -2.50. The molecule has 9 nitrogen and oxygen atoms in total. The maximum absolute atomic E-state index is 14.3. The smallest absolute Gasteiger partial charge is 0.252 e. The van der Waals surface area contributed by atoms with Crippen molar-refractivity contribution in [3.63, 3.8) is 0 Å². The molecule has 1 heterocycles. The van der Waals surface area contributed by atoms with Crippen molar-refractivity contribution in [2.45, 2.75) is 51.7 Å². The van der Waals surface area contributed by atoms with E-state index in [1.807, 2.05) is 48.5 Å². The fraction of sp³-hybridized carbons (Fsp3) is 0.375. The minimum Gasteiger partial charge on any atom is -0.494 e. The van der Waals surface area contributed by atoms with Crippen LogP contribution in [0, 0.1) is 5.41 Å². The molecule has 10 heteroatoms. The molecule has 3 aromatic rings. The highest BCUT2D eigenvalue weighted by molar-refractivity contribution is 9.10. The molecule has 220 valence electrons. The summed E-state index contributed by atoms with van der Waals surface area (Å²) in [5.41, 5.74) is 10.5. The van der Waals surface area contributed by atoms with Crippen LogP contribution < -0.4 is 10.1 Å². The molecule has 0 fully saturated rings. The number of nitrogens with one attached hydrogen (secondary N) is 1. The lowest BCUT2D eigenvalue weighted by molar-refractivity contribution is -0.129. The number of halogens is 1. The molecule has 2 N–H and O–H groups in total. The summed E-state index contributed by atoms with van der Waals surface area (Å²) in [6.45, 7) is 7.31. The third-order valence-corrected chi connectivity index (χ3v) is 7.48. The number of azide groups is 1. The van der Waals surface area contributed by atoms with Crippen LogP contribution in [0.2, 0.25) is 0 Å². The quantitative estimate of drug-likeness (QED) is 0.0945. The molecular formula is C32H36BrN5O4. The van der Waals surface area contributed by atoms with Crippen molar-refractivity contribution in [1.82, 2.24) is 5.32 Å². The van der Waals surface area contributed by atoms with Gasteiger partial charge in [0.05, 0.1) is 6.61 Å². The predicted octanol–water partition coefficient (Wildman–Crippen LogP) is 7.20. The van der Waals surface area contributed by atoms with Crippen LogP contribution in [0.5, 0.6) is 5.75 Å². The molecule has 3 aromatic carbocycles. The van der Waals surface area contributed by atoms with E-state index in [0.29, 0.717) is 48.0 Å². The van der Waals surface area contributed by atoms with Gasteiger partial charge in [0.2, 0.25) is 5.90 Å². The van der Waals surface area contributed by atoms with Gasteiger partial charge in [0.1, 0.15) is 5.75 Å². The molecule has 1 aliphatic rings. The number of amides is 1. The Bertz CT molecular complexity index is 1450. The second-order valence-corrected chi connectivity index (χ2v) is 12.3. The summed E-state index contributed by atoms with van der Waals surface area (Å²) in [7, 11) is 0. The Morgan fingerprint density at radius 3 is 2.52 bits per heavy atom. The molecule has 0 aromatic heterocycles. The summed E-state index contributed by atoms with van der Waals surface area (Å²) in [6, 6.07) is 22.2. The Labute approximate surface area is 254 Å². The number of carbonyl (C=O) groups is 1. The van der Waals surface area contributed by atoms with Gasteiger partial charge in [-0.05, 0) is 59.3 Å². The maximum atomic E-state index is 14.3. The predicted molar refractivity (Wildman–Crippen MR) is 167 cm³/mol. The second kappa shape index (κ2) is 13.9. The van der Waals surface area contributed by atoms with Crippen LogP contribution in [0.4, 0.5) is 5.69 Å². The molecule has 2 atom stereocenters. The highest BCUT2D eigenvalue weighted by atomic mass is 79.9. The lowest BCUT2D eigenvalue weighted by atomic mass is 9.81. The van der Waals surface area contributed by atoms with Gasteiger partial charge in [-0.15, -0.1) is 0 Å². The zero-order valence-electron chi connectivity index (χ0n) is 24.1. The second-order valence-electron chi connectivity index (χ2n) is 11.4. The third kappa shape index (κ3) is 7.70. The normalized spacial score (nSPS) is 18.0. The number of carbonyl (C=O) groups excluding carboxylic acids is 1. The van der Waals surface area contributed by atoms with Crippen molar-refractivity contribution in [1.29, 1.82) is 0 Å². The van der Waals surface area contributed by atoms with Crippen LogP contribution in [0.25, 0.3) is 10.4 Å². The van der Waals surface area contributed by atoms with Gasteiger partial charge in [-0.3, -0.25) is 4.79 Å². The summed E-state index contributed by atoms with van der Waals surface area (Å²) < 4.78 is 13.2. The first-order chi connectivity index (χ1) is 20.1. The van der Waals surface area contributed by atoms with Crippen molar-refractivity contribution < 1.29 is 19.4 Å². The van der Waals surface area contributed by atoms with Crippen LogP contribution >= 0.6 is 15.9 Å². The molecule has 0 saturated heterocycles. The van der Waals surface area contributed by atoms with Crippen molar-refractivity contribution in [2.24, 2.45) is 15.5 Å². The first-order valence-corrected chi connectivity index (χ1v) is 14.7. The zero-order chi connectivity index (χ0) is 30.2. The first kappa shape index (κ1) is 31.1. The van der Waals surface area contributed by atoms with Crippen LogP contribution in [-0.2, 0) is 16.0 Å². The number of aliphatic hydroxyl groups excluding tert-OH is 1. The van der Waals surface area contributed by atoms with E-state index in [-0.39, 0.29) is 24.3 Å². The molecule has 0 unspecified atom stereocenters. The van der Waals surface area contributed by atoms with Gasteiger partial charge in [-0.2, -0.15) is 0 Å². The standard InChI is InChI=1S/C32H36BrN5O4/c1-31(2,3)17-18-35-30(40)32(21-22-9-13-24(33)14-10-22)28(26-7-4-5-8-27(26)37-38-34)42-29(36-32)23-11-15-25(16-12-23)41-20-6-19-39/h4-5,7-16,28,39H,6,17-21H2,1-3H3,(H,35,40)/t28-,32-/m1/s1. The average Bonchev–Trinajstić information content (AvgIpc) is 3.35. The van der Waals surface area contributed by atoms with Crippen molar-refractivity contribution >= 4 is 33.4 Å². The van der Waals surface area contributed by atoms with E-state index in [9.17, 15) is 10.3 Å². The highest BCUT2D eigenvalue weighted by Gasteiger charge is 2.53. The SMILES string of the molecule is CC(C)(C)CCNC(=O)[C@]1(Cc2ccc(Br)cc2)N=C(c2ccc(OCCCO)cc2)O[C@@H]1c1ccccc1N=[N+]=[N-]. The molecule has 0 spiro atoms. The fourth-order valence-electron chi connectivity index (χ4n) is 4.73. The fourth-order valence-corrected chi connectivity index (χ4v) is 4.99. The monoisotopic (exact) mass is 633 g/mol. The van der Waals surface area contributed by atoms with Crippen molar-refractivity contribution in [3.05, 3.63) is 104 Å². The van der Waals surface area contributed by atoms with Gasteiger partial charge in [0, 0.05) is 52.2 Å². The van der Waals surface area contributed by atoms with Crippen molar-refractivity contribution in [2.75, 3.05) is 19.8 Å².